The van der Waals surface area contributed by atoms with Gasteiger partial charge in [0.1, 0.15) is 0 Å². The third kappa shape index (κ3) is 4.52. The Bertz CT molecular complexity index is 624. The zero-order valence-corrected chi connectivity index (χ0v) is 14.8. The quantitative estimate of drug-likeness (QED) is 0.790. The lowest BCUT2D eigenvalue weighted by molar-refractivity contribution is 0.0696. The van der Waals surface area contributed by atoms with Gasteiger partial charge < -0.3 is 10.0 Å². The van der Waals surface area contributed by atoms with Crippen LogP contribution in [0.15, 0.2) is 21.5 Å². The average molecular weight is 378 g/mol. The summed E-state index contributed by atoms with van der Waals surface area (Å²) in [5, 5.41) is 9.06. The maximum absolute atomic E-state index is 12.5. The van der Waals surface area contributed by atoms with E-state index < -0.39 is 15.8 Å². The highest BCUT2D eigenvalue weighted by atomic mass is 79.9. The lowest BCUT2D eigenvalue weighted by atomic mass is 10.1. The third-order valence-electron chi connectivity index (χ3n) is 3.45. The smallest absolute Gasteiger partial charge is 0.335 e. The lowest BCUT2D eigenvalue weighted by Crippen LogP contribution is -2.29. The van der Waals surface area contributed by atoms with Gasteiger partial charge in [0.2, 0.25) is 0 Å². The van der Waals surface area contributed by atoms with E-state index in [2.05, 4.69) is 15.9 Å². The number of aromatic carboxylic acids is 1. The first-order valence-corrected chi connectivity index (χ1v) is 9.16. The average Bonchev–Trinajstić information content (AvgIpc) is 2.42. The molecule has 0 saturated heterocycles. The van der Waals surface area contributed by atoms with Crippen molar-refractivity contribution < 1.29 is 18.3 Å². The standard InChI is InChI=1S/C14H20BrNO4S/c1-4-16(5-2)6-7-21(19,20)13-9-11(14(17)18)8-12(15)10(13)3/h8-9H,4-7H2,1-3H3,(H,17,18). The van der Waals surface area contributed by atoms with Crippen LogP contribution in [0.3, 0.4) is 0 Å². The van der Waals surface area contributed by atoms with E-state index in [-0.39, 0.29) is 16.2 Å². The number of rotatable bonds is 7. The second-order valence-corrected chi connectivity index (χ2v) is 7.66. The van der Waals surface area contributed by atoms with Crippen molar-refractivity contribution in [1.82, 2.24) is 4.90 Å². The SMILES string of the molecule is CCN(CC)CCS(=O)(=O)c1cc(C(=O)O)cc(Br)c1C. The second kappa shape index (κ2) is 7.38. The molecule has 0 spiro atoms. The Morgan fingerprint density at radius 2 is 1.86 bits per heavy atom. The molecule has 0 aliphatic carbocycles. The Hall–Kier alpha value is -0.920. The number of carbonyl (C=O) groups is 1. The molecule has 0 amide bonds. The first-order valence-electron chi connectivity index (χ1n) is 6.71. The van der Waals surface area contributed by atoms with Gasteiger partial charge in [0, 0.05) is 11.0 Å². The lowest BCUT2D eigenvalue weighted by Gasteiger charge is -2.18. The van der Waals surface area contributed by atoms with Crippen LogP contribution in [0.25, 0.3) is 0 Å². The number of carboxylic acid groups (broad SMARTS) is 1. The van der Waals surface area contributed by atoms with Crippen molar-refractivity contribution in [3.05, 3.63) is 27.7 Å². The van der Waals surface area contributed by atoms with E-state index in [1.165, 1.54) is 12.1 Å². The molecule has 118 valence electrons. The van der Waals surface area contributed by atoms with E-state index in [4.69, 9.17) is 5.11 Å². The van der Waals surface area contributed by atoms with Crippen molar-refractivity contribution in [2.75, 3.05) is 25.4 Å². The van der Waals surface area contributed by atoms with Crippen molar-refractivity contribution in [2.45, 2.75) is 25.7 Å². The van der Waals surface area contributed by atoms with Crippen molar-refractivity contribution in [2.24, 2.45) is 0 Å². The predicted octanol–water partition coefficient (Wildman–Crippen LogP) is 2.57. The number of benzene rings is 1. The van der Waals surface area contributed by atoms with Crippen LogP contribution >= 0.6 is 15.9 Å². The molecule has 0 unspecified atom stereocenters. The fourth-order valence-electron chi connectivity index (χ4n) is 2.00. The van der Waals surface area contributed by atoms with Crippen LogP contribution in [0.2, 0.25) is 0 Å². The van der Waals surface area contributed by atoms with Gasteiger partial charge in [-0.2, -0.15) is 0 Å². The van der Waals surface area contributed by atoms with Crippen LogP contribution in [-0.4, -0.2) is 49.8 Å². The van der Waals surface area contributed by atoms with Gasteiger partial charge in [-0.05, 0) is 37.7 Å². The van der Waals surface area contributed by atoms with Crippen LogP contribution in [0, 0.1) is 6.92 Å². The summed E-state index contributed by atoms with van der Waals surface area (Å²) in [5.74, 6) is -1.17. The van der Waals surface area contributed by atoms with E-state index >= 15 is 0 Å². The number of hydrogen-bond acceptors (Lipinski definition) is 4. The van der Waals surface area contributed by atoms with E-state index in [0.29, 0.717) is 16.6 Å². The minimum atomic E-state index is -3.52. The van der Waals surface area contributed by atoms with Gasteiger partial charge in [-0.1, -0.05) is 29.8 Å². The fourth-order valence-corrected chi connectivity index (χ4v) is 4.19. The topological polar surface area (TPSA) is 74.7 Å². The van der Waals surface area contributed by atoms with Crippen molar-refractivity contribution >= 4 is 31.7 Å². The molecule has 21 heavy (non-hydrogen) atoms. The van der Waals surface area contributed by atoms with Gasteiger partial charge in [0.25, 0.3) is 0 Å². The normalized spacial score (nSPS) is 11.9. The van der Waals surface area contributed by atoms with Gasteiger partial charge in [-0.15, -0.1) is 0 Å². The highest BCUT2D eigenvalue weighted by Crippen LogP contribution is 2.26. The highest BCUT2D eigenvalue weighted by Gasteiger charge is 2.21. The molecule has 0 fully saturated rings. The molecule has 0 radical (unpaired) electrons. The van der Waals surface area contributed by atoms with E-state index in [0.717, 1.165) is 13.1 Å². The summed E-state index contributed by atoms with van der Waals surface area (Å²) in [5.41, 5.74) is 0.508. The molecule has 0 aliphatic rings. The minimum Gasteiger partial charge on any atom is -0.478 e. The maximum Gasteiger partial charge on any atom is 0.335 e. The van der Waals surface area contributed by atoms with E-state index in [1.54, 1.807) is 6.92 Å². The zero-order chi connectivity index (χ0) is 16.2. The van der Waals surface area contributed by atoms with E-state index in [9.17, 15) is 13.2 Å². The van der Waals surface area contributed by atoms with Crippen LogP contribution in [-0.2, 0) is 9.84 Å². The first kappa shape index (κ1) is 18.1. The molecule has 0 aromatic heterocycles. The minimum absolute atomic E-state index is 0.0228. The van der Waals surface area contributed by atoms with Gasteiger partial charge in [-0.3, -0.25) is 0 Å². The zero-order valence-electron chi connectivity index (χ0n) is 12.4. The molecule has 0 heterocycles. The molecule has 1 N–H and O–H groups in total. The first-order chi connectivity index (χ1) is 9.72. The van der Waals surface area contributed by atoms with Crippen molar-refractivity contribution in [1.29, 1.82) is 0 Å². The summed E-state index contributed by atoms with van der Waals surface area (Å²) in [7, 11) is -3.52. The summed E-state index contributed by atoms with van der Waals surface area (Å²) in [6.45, 7) is 7.61. The molecule has 7 heteroatoms. The Morgan fingerprint density at radius 3 is 2.33 bits per heavy atom. The molecule has 0 bridgehead atoms. The van der Waals surface area contributed by atoms with Crippen LogP contribution in [0.1, 0.15) is 29.8 Å². The van der Waals surface area contributed by atoms with Crippen LogP contribution in [0.4, 0.5) is 0 Å². The fraction of sp³-hybridized carbons (Fsp3) is 0.500. The monoisotopic (exact) mass is 377 g/mol. The summed E-state index contributed by atoms with van der Waals surface area (Å²) >= 11 is 3.23. The Kier molecular flexibility index (Phi) is 6.37. The number of carboxylic acids is 1. The Morgan fingerprint density at radius 1 is 1.29 bits per heavy atom. The molecule has 0 saturated carbocycles. The number of sulfone groups is 1. The second-order valence-electron chi connectivity index (χ2n) is 4.73. The summed E-state index contributed by atoms with van der Waals surface area (Å²) < 4.78 is 25.4. The number of hydrogen-bond donors (Lipinski definition) is 1. The van der Waals surface area contributed by atoms with Crippen LogP contribution in [0.5, 0.6) is 0 Å². The molecular formula is C14H20BrNO4S. The maximum atomic E-state index is 12.5. The molecular weight excluding hydrogens is 358 g/mol. The Balaban J connectivity index is 3.16. The molecule has 1 aromatic rings. The molecule has 0 aliphatic heterocycles. The largest absolute Gasteiger partial charge is 0.478 e. The van der Waals surface area contributed by atoms with Gasteiger partial charge in [-0.25, -0.2) is 13.2 Å². The van der Waals surface area contributed by atoms with E-state index in [1.807, 2.05) is 18.7 Å². The molecule has 1 rings (SSSR count). The summed E-state index contributed by atoms with van der Waals surface area (Å²) in [6.07, 6.45) is 0. The van der Waals surface area contributed by atoms with Gasteiger partial charge in [0.15, 0.2) is 9.84 Å². The Labute approximate surface area is 134 Å². The van der Waals surface area contributed by atoms with Crippen molar-refractivity contribution in [3.63, 3.8) is 0 Å². The highest BCUT2D eigenvalue weighted by molar-refractivity contribution is 9.10. The molecule has 0 atom stereocenters. The third-order valence-corrected chi connectivity index (χ3v) is 6.09. The van der Waals surface area contributed by atoms with Gasteiger partial charge >= 0.3 is 5.97 Å². The summed E-state index contributed by atoms with van der Waals surface area (Å²) in [6, 6.07) is 2.65. The van der Waals surface area contributed by atoms with Crippen molar-refractivity contribution in [3.8, 4) is 0 Å². The predicted molar refractivity (Wildman–Crippen MR) is 85.7 cm³/mol. The number of halogens is 1. The summed E-state index contributed by atoms with van der Waals surface area (Å²) in [4.78, 5) is 13.2. The van der Waals surface area contributed by atoms with Crippen LogP contribution < -0.4 is 0 Å². The number of nitrogens with zero attached hydrogens (tertiary/aromatic N) is 1. The van der Waals surface area contributed by atoms with Gasteiger partial charge in [0.05, 0.1) is 16.2 Å². The molecule has 1 aromatic carbocycles. The molecule has 5 nitrogen and oxygen atoms in total.